The molecule has 100 valence electrons. The van der Waals surface area contributed by atoms with Gasteiger partial charge in [0.05, 0.1) is 0 Å². The van der Waals surface area contributed by atoms with Crippen LogP contribution in [0.3, 0.4) is 0 Å². The molecular weight excluding hydrogens is 224 g/mol. The molecular formula is C15H24N2O. The molecule has 0 aromatic heterocycles. The molecule has 0 radical (unpaired) electrons. The van der Waals surface area contributed by atoms with E-state index in [9.17, 15) is 4.79 Å². The third-order valence-corrected chi connectivity index (χ3v) is 3.58. The summed E-state index contributed by atoms with van der Waals surface area (Å²) in [5.74, 6) is -0.377. The molecule has 1 rings (SSSR count). The fourth-order valence-electron chi connectivity index (χ4n) is 1.86. The number of nitrogens with zero attached hydrogens (tertiary/aromatic N) is 1. The molecule has 18 heavy (non-hydrogen) atoms. The molecule has 0 bridgehead atoms. The van der Waals surface area contributed by atoms with Crippen LogP contribution in [-0.4, -0.2) is 23.9 Å². The lowest BCUT2D eigenvalue weighted by Gasteiger charge is -2.35. The van der Waals surface area contributed by atoms with Gasteiger partial charge in [0, 0.05) is 18.2 Å². The first-order valence-electron chi connectivity index (χ1n) is 6.31. The van der Waals surface area contributed by atoms with Gasteiger partial charge >= 0.3 is 0 Å². The van der Waals surface area contributed by atoms with E-state index in [1.54, 1.807) is 12.1 Å². The van der Waals surface area contributed by atoms with Crippen molar-refractivity contribution in [2.24, 2.45) is 11.1 Å². The molecule has 1 aromatic carbocycles. The molecule has 0 aliphatic carbocycles. The monoisotopic (exact) mass is 248 g/mol. The van der Waals surface area contributed by atoms with Crippen molar-refractivity contribution < 1.29 is 4.79 Å². The number of carbonyl (C=O) groups is 1. The highest BCUT2D eigenvalue weighted by Crippen LogP contribution is 2.24. The third-order valence-electron chi connectivity index (χ3n) is 3.58. The molecule has 1 unspecified atom stereocenters. The van der Waals surface area contributed by atoms with Crippen LogP contribution < -0.4 is 5.73 Å². The summed E-state index contributed by atoms with van der Waals surface area (Å²) in [6, 6.07) is 7.98. The molecule has 0 saturated heterocycles. The van der Waals surface area contributed by atoms with Crippen LogP contribution in [0.2, 0.25) is 0 Å². The first kappa shape index (κ1) is 14.7. The number of nitrogens with two attached hydrogens (primary N) is 1. The van der Waals surface area contributed by atoms with Crippen LogP contribution >= 0.6 is 0 Å². The smallest absolute Gasteiger partial charge is 0.248 e. The fourth-order valence-corrected chi connectivity index (χ4v) is 1.86. The predicted octanol–water partition coefficient (Wildman–Crippen LogP) is 2.65. The quantitative estimate of drug-likeness (QED) is 0.890. The Kier molecular flexibility index (Phi) is 4.52. The highest BCUT2D eigenvalue weighted by atomic mass is 16.1. The Morgan fingerprint density at radius 2 is 1.78 bits per heavy atom. The number of hydrogen-bond acceptors (Lipinski definition) is 2. The Labute approximate surface area is 110 Å². The van der Waals surface area contributed by atoms with Gasteiger partial charge in [-0.05, 0) is 37.1 Å². The summed E-state index contributed by atoms with van der Waals surface area (Å²) in [7, 11) is 2.12. The zero-order valence-electron chi connectivity index (χ0n) is 12.0. The molecule has 1 amide bonds. The van der Waals surface area contributed by atoms with Crippen molar-refractivity contribution >= 4 is 5.91 Å². The van der Waals surface area contributed by atoms with Gasteiger partial charge in [-0.25, -0.2) is 0 Å². The second kappa shape index (κ2) is 5.53. The molecule has 0 heterocycles. The van der Waals surface area contributed by atoms with Gasteiger partial charge < -0.3 is 5.73 Å². The number of rotatable bonds is 4. The van der Waals surface area contributed by atoms with Crippen LogP contribution in [0.25, 0.3) is 0 Å². The lowest BCUT2D eigenvalue weighted by atomic mass is 9.87. The summed E-state index contributed by atoms with van der Waals surface area (Å²) >= 11 is 0. The van der Waals surface area contributed by atoms with Gasteiger partial charge in [-0.1, -0.05) is 32.9 Å². The highest BCUT2D eigenvalue weighted by molar-refractivity contribution is 5.92. The van der Waals surface area contributed by atoms with E-state index < -0.39 is 0 Å². The van der Waals surface area contributed by atoms with Gasteiger partial charge in [-0.15, -0.1) is 0 Å². The lowest BCUT2D eigenvalue weighted by Crippen LogP contribution is -2.38. The Hall–Kier alpha value is -1.35. The van der Waals surface area contributed by atoms with Crippen LogP contribution in [-0.2, 0) is 6.54 Å². The number of benzene rings is 1. The maximum Gasteiger partial charge on any atom is 0.248 e. The minimum atomic E-state index is -0.377. The summed E-state index contributed by atoms with van der Waals surface area (Å²) in [5.41, 5.74) is 7.23. The van der Waals surface area contributed by atoms with Crippen LogP contribution in [0, 0.1) is 5.41 Å². The molecule has 0 spiro atoms. The van der Waals surface area contributed by atoms with Crippen molar-refractivity contribution in [3.05, 3.63) is 35.4 Å². The fraction of sp³-hybridized carbons (Fsp3) is 0.533. The molecule has 0 fully saturated rings. The zero-order valence-corrected chi connectivity index (χ0v) is 12.0. The van der Waals surface area contributed by atoms with Gasteiger partial charge in [0.25, 0.3) is 0 Å². The molecule has 1 aromatic rings. The topological polar surface area (TPSA) is 46.3 Å². The number of primary amides is 1. The maximum absolute atomic E-state index is 11.0. The Balaban J connectivity index is 2.70. The Morgan fingerprint density at radius 1 is 1.28 bits per heavy atom. The van der Waals surface area contributed by atoms with Crippen molar-refractivity contribution in [2.45, 2.75) is 40.3 Å². The second-order valence-corrected chi connectivity index (χ2v) is 6.02. The van der Waals surface area contributed by atoms with E-state index in [1.165, 1.54) is 5.56 Å². The third kappa shape index (κ3) is 3.84. The van der Waals surface area contributed by atoms with E-state index in [4.69, 9.17) is 5.73 Å². The molecule has 3 nitrogen and oxygen atoms in total. The molecule has 3 heteroatoms. The van der Waals surface area contributed by atoms with Gasteiger partial charge in [-0.2, -0.15) is 0 Å². The number of amides is 1. The summed E-state index contributed by atoms with van der Waals surface area (Å²) < 4.78 is 0. The lowest BCUT2D eigenvalue weighted by molar-refractivity contribution is 0.100. The summed E-state index contributed by atoms with van der Waals surface area (Å²) in [4.78, 5) is 13.3. The molecule has 0 saturated carbocycles. The van der Waals surface area contributed by atoms with Crippen molar-refractivity contribution in [2.75, 3.05) is 7.05 Å². The standard InChI is InChI=1S/C15H24N2O/c1-11(15(2,3)4)17(5)10-12-6-8-13(9-7-12)14(16)18/h6-9,11H,10H2,1-5H3,(H2,16,18). The summed E-state index contributed by atoms with van der Waals surface area (Å²) in [6.07, 6.45) is 0. The molecule has 2 N–H and O–H groups in total. The van der Waals surface area contributed by atoms with Gasteiger partial charge in [-0.3, -0.25) is 9.69 Å². The van der Waals surface area contributed by atoms with E-state index in [2.05, 4.69) is 39.6 Å². The van der Waals surface area contributed by atoms with Crippen LogP contribution in [0.4, 0.5) is 0 Å². The average Bonchev–Trinajstić information content (AvgIpc) is 2.27. The van der Waals surface area contributed by atoms with Crippen LogP contribution in [0.1, 0.15) is 43.6 Å². The van der Waals surface area contributed by atoms with E-state index in [1.807, 2.05) is 12.1 Å². The minimum absolute atomic E-state index is 0.252. The van der Waals surface area contributed by atoms with E-state index in [0.29, 0.717) is 11.6 Å². The van der Waals surface area contributed by atoms with Crippen molar-refractivity contribution in [3.63, 3.8) is 0 Å². The van der Waals surface area contributed by atoms with Crippen molar-refractivity contribution in [1.29, 1.82) is 0 Å². The first-order valence-corrected chi connectivity index (χ1v) is 6.31. The SMILES string of the molecule is CC(N(C)Cc1ccc(C(N)=O)cc1)C(C)(C)C. The minimum Gasteiger partial charge on any atom is -0.366 e. The first-order chi connectivity index (χ1) is 8.21. The van der Waals surface area contributed by atoms with Gasteiger partial charge in [0.15, 0.2) is 0 Å². The molecule has 0 aliphatic heterocycles. The van der Waals surface area contributed by atoms with Gasteiger partial charge in [0.1, 0.15) is 0 Å². The summed E-state index contributed by atoms with van der Waals surface area (Å²) in [5, 5.41) is 0. The Bertz CT molecular complexity index is 403. The van der Waals surface area contributed by atoms with Crippen molar-refractivity contribution in [3.8, 4) is 0 Å². The number of carbonyl (C=O) groups excluding carboxylic acids is 1. The van der Waals surface area contributed by atoms with Gasteiger partial charge in [0.2, 0.25) is 5.91 Å². The average molecular weight is 248 g/mol. The largest absolute Gasteiger partial charge is 0.366 e. The highest BCUT2D eigenvalue weighted by Gasteiger charge is 2.23. The van der Waals surface area contributed by atoms with E-state index >= 15 is 0 Å². The van der Waals surface area contributed by atoms with Crippen molar-refractivity contribution in [1.82, 2.24) is 4.90 Å². The van der Waals surface area contributed by atoms with Crippen LogP contribution in [0.15, 0.2) is 24.3 Å². The van der Waals surface area contributed by atoms with Crippen LogP contribution in [0.5, 0.6) is 0 Å². The Morgan fingerprint density at radius 3 is 2.17 bits per heavy atom. The maximum atomic E-state index is 11.0. The molecule has 0 aliphatic rings. The summed E-state index contributed by atoms with van der Waals surface area (Å²) in [6.45, 7) is 9.83. The van der Waals surface area contributed by atoms with E-state index in [-0.39, 0.29) is 11.3 Å². The van der Waals surface area contributed by atoms with E-state index in [0.717, 1.165) is 6.54 Å². The zero-order chi connectivity index (χ0) is 13.9. The number of hydrogen-bond donors (Lipinski definition) is 1. The molecule has 1 atom stereocenters. The predicted molar refractivity (Wildman–Crippen MR) is 75.3 cm³/mol. The normalized spacial score (nSPS) is 13.7. The second-order valence-electron chi connectivity index (χ2n) is 6.02.